The van der Waals surface area contributed by atoms with Crippen LogP contribution < -0.4 is 9.47 Å². The Kier molecular flexibility index (Phi) is 5.11. The number of rotatable bonds is 6. The molecule has 0 unspecified atom stereocenters. The standard InChI is InChI=1S/C18H15F3N2O3/c1-24-14-7-5-12(6-8-14)9-16-22-23-17(26-16)13-3-2-4-15(10-13)25-11-18(19,20)21/h2-8,10H,9,11H2,1H3. The average molecular weight is 364 g/mol. The van der Waals surface area contributed by atoms with Crippen molar-refractivity contribution in [2.24, 2.45) is 0 Å². The number of nitrogens with zero attached hydrogens (tertiary/aromatic N) is 2. The van der Waals surface area contributed by atoms with Crippen LogP contribution in [0.15, 0.2) is 52.9 Å². The van der Waals surface area contributed by atoms with Gasteiger partial charge in [-0.3, -0.25) is 0 Å². The highest BCUT2D eigenvalue weighted by molar-refractivity contribution is 5.55. The summed E-state index contributed by atoms with van der Waals surface area (Å²) in [5.74, 6) is 1.43. The summed E-state index contributed by atoms with van der Waals surface area (Å²) in [6.07, 6.45) is -3.96. The molecule has 0 bridgehead atoms. The molecule has 5 nitrogen and oxygen atoms in total. The van der Waals surface area contributed by atoms with E-state index in [0.29, 0.717) is 17.9 Å². The molecule has 26 heavy (non-hydrogen) atoms. The van der Waals surface area contributed by atoms with Crippen LogP contribution in [0.25, 0.3) is 11.5 Å². The first-order valence-electron chi connectivity index (χ1n) is 7.68. The van der Waals surface area contributed by atoms with Crippen LogP contribution in [0.3, 0.4) is 0 Å². The lowest BCUT2D eigenvalue weighted by Gasteiger charge is -2.09. The SMILES string of the molecule is COc1ccc(Cc2nnc(-c3cccc(OCC(F)(F)F)c3)o2)cc1. The van der Waals surface area contributed by atoms with E-state index in [4.69, 9.17) is 13.9 Å². The van der Waals surface area contributed by atoms with Crippen LogP contribution in [-0.2, 0) is 6.42 Å². The number of aromatic nitrogens is 2. The number of benzene rings is 2. The van der Waals surface area contributed by atoms with Crippen molar-refractivity contribution in [2.45, 2.75) is 12.6 Å². The third kappa shape index (κ3) is 4.75. The van der Waals surface area contributed by atoms with Crippen molar-refractivity contribution >= 4 is 0 Å². The Morgan fingerprint density at radius 3 is 2.46 bits per heavy atom. The number of alkyl halides is 3. The normalized spacial score (nSPS) is 11.4. The fourth-order valence-corrected chi connectivity index (χ4v) is 2.24. The van der Waals surface area contributed by atoms with Crippen molar-refractivity contribution in [1.29, 1.82) is 0 Å². The topological polar surface area (TPSA) is 57.4 Å². The van der Waals surface area contributed by atoms with E-state index in [1.54, 1.807) is 19.2 Å². The molecular formula is C18H15F3N2O3. The Labute approximate surface area is 147 Å². The zero-order valence-electron chi connectivity index (χ0n) is 13.8. The third-order valence-electron chi connectivity index (χ3n) is 3.46. The number of hydrogen-bond donors (Lipinski definition) is 0. The van der Waals surface area contributed by atoms with Crippen molar-refractivity contribution < 1.29 is 27.1 Å². The number of ether oxygens (including phenoxy) is 2. The maximum atomic E-state index is 12.2. The molecule has 0 aliphatic rings. The fraction of sp³-hybridized carbons (Fsp3) is 0.222. The summed E-state index contributed by atoms with van der Waals surface area (Å²) in [6, 6.07) is 13.5. The first-order chi connectivity index (χ1) is 12.4. The van der Waals surface area contributed by atoms with Gasteiger partial charge in [-0.15, -0.1) is 10.2 Å². The molecule has 0 saturated heterocycles. The highest BCUT2D eigenvalue weighted by Gasteiger charge is 2.28. The van der Waals surface area contributed by atoms with Gasteiger partial charge in [-0.25, -0.2) is 0 Å². The molecule has 3 aromatic rings. The van der Waals surface area contributed by atoms with Crippen molar-refractivity contribution in [3.8, 4) is 23.0 Å². The minimum absolute atomic E-state index is 0.0785. The lowest BCUT2D eigenvalue weighted by molar-refractivity contribution is -0.153. The number of halogens is 3. The van der Waals surface area contributed by atoms with Crippen LogP contribution in [0.5, 0.6) is 11.5 Å². The van der Waals surface area contributed by atoms with Crippen LogP contribution in [0.4, 0.5) is 13.2 Å². The highest BCUT2D eigenvalue weighted by atomic mass is 19.4. The molecule has 8 heteroatoms. The summed E-state index contributed by atoms with van der Waals surface area (Å²) in [7, 11) is 1.59. The van der Waals surface area contributed by atoms with Gasteiger partial charge in [0.2, 0.25) is 11.8 Å². The minimum atomic E-state index is -4.40. The van der Waals surface area contributed by atoms with Gasteiger partial charge in [0.1, 0.15) is 11.5 Å². The molecule has 2 aromatic carbocycles. The third-order valence-corrected chi connectivity index (χ3v) is 3.46. The van der Waals surface area contributed by atoms with Gasteiger partial charge in [-0.05, 0) is 35.9 Å². The van der Waals surface area contributed by atoms with Crippen molar-refractivity contribution in [2.75, 3.05) is 13.7 Å². The molecular weight excluding hydrogens is 349 g/mol. The fourth-order valence-electron chi connectivity index (χ4n) is 2.24. The Morgan fingerprint density at radius 1 is 1.00 bits per heavy atom. The number of hydrogen-bond acceptors (Lipinski definition) is 5. The molecule has 3 rings (SSSR count). The van der Waals surface area contributed by atoms with Gasteiger partial charge in [0.15, 0.2) is 6.61 Å². The van der Waals surface area contributed by atoms with Crippen LogP contribution in [0.2, 0.25) is 0 Å². The second-order valence-corrected chi connectivity index (χ2v) is 5.46. The van der Waals surface area contributed by atoms with Crippen molar-refractivity contribution in [1.82, 2.24) is 10.2 Å². The van der Waals surface area contributed by atoms with E-state index in [0.717, 1.165) is 11.3 Å². The Morgan fingerprint density at radius 2 is 1.77 bits per heavy atom. The second kappa shape index (κ2) is 7.47. The van der Waals surface area contributed by atoms with Crippen LogP contribution >= 0.6 is 0 Å². The number of methoxy groups -OCH3 is 1. The summed E-state index contributed by atoms with van der Waals surface area (Å²) in [5.41, 5.74) is 1.45. The molecule has 136 valence electrons. The summed E-state index contributed by atoms with van der Waals surface area (Å²) in [6.45, 7) is -1.36. The van der Waals surface area contributed by atoms with Crippen molar-refractivity contribution in [3.05, 3.63) is 60.0 Å². The van der Waals surface area contributed by atoms with E-state index in [2.05, 4.69) is 10.2 Å². The van der Waals surface area contributed by atoms with Gasteiger partial charge >= 0.3 is 6.18 Å². The molecule has 0 radical (unpaired) electrons. The predicted octanol–water partition coefficient (Wildman–Crippen LogP) is 4.28. The Bertz CT molecular complexity index is 861. The van der Waals surface area contributed by atoms with Gasteiger partial charge in [-0.2, -0.15) is 13.2 Å². The maximum Gasteiger partial charge on any atom is 0.422 e. The first kappa shape index (κ1) is 17.8. The van der Waals surface area contributed by atoms with E-state index in [-0.39, 0.29) is 11.6 Å². The summed E-state index contributed by atoms with van der Waals surface area (Å²) >= 11 is 0. The van der Waals surface area contributed by atoms with Gasteiger partial charge < -0.3 is 13.9 Å². The predicted molar refractivity (Wildman–Crippen MR) is 87.1 cm³/mol. The highest BCUT2D eigenvalue weighted by Crippen LogP contribution is 2.25. The average Bonchev–Trinajstić information content (AvgIpc) is 3.09. The van der Waals surface area contributed by atoms with Gasteiger partial charge in [0.25, 0.3) is 0 Å². The molecule has 0 N–H and O–H groups in total. The molecule has 1 heterocycles. The maximum absolute atomic E-state index is 12.2. The van der Waals surface area contributed by atoms with Gasteiger partial charge in [0.05, 0.1) is 13.5 Å². The van der Waals surface area contributed by atoms with Crippen LogP contribution in [0.1, 0.15) is 11.5 Å². The quantitative estimate of drug-likeness (QED) is 0.654. The first-order valence-corrected chi connectivity index (χ1v) is 7.68. The van der Waals surface area contributed by atoms with E-state index in [9.17, 15) is 13.2 Å². The Hall–Kier alpha value is -3.03. The van der Waals surface area contributed by atoms with Gasteiger partial charge in [-0.1, -0.05) is 18.2 Å². The lowest BCUT2D eigenvalue weighted by Crippen LogP contribution is -2.19. The summed E-state index contributed by atoms with van der Waals surface area (Å²) in [4.78, 5) is 0. The molecule has 0 aliphatic carbocycles. The van der Waals surface area contributed by atoms with Crippen LogP contribution in [-0.4, -0.2) is 30.1 Å². The van der Waals surface area contributed by atoms with Gasteiger partial charge in [0, 0.05) is 5.56 Å². The zero-order chi connectivity index (χ0) is 18.6. The molecule has 0 spiro atoms. The summed E-state index contributed by atoms with van der Waals surface area (Å²) < 4.78 is 52.2. The van der Waals surface area contributed by atoms with E-state index in [1.807, 2.05) is 24.3 Å². The van der Waals surface area contributed by atoms with E-state index < -0.39 is 12.8 Å². The van der Waals surface area contributed by atoms with E-state index >= 15 is 0 Å². The lowest BCUT2D eigenvalue weighted by atomic mass is 10.1. The molecule has 0 amide bonds. The van der Waals surface area contributed by atoms with Crippen LogP contribution in [0, 0.1) is 0 Å². The summed E-state index contributed by atoms with van der Waals surface area (Å²) in [5, 5.41) is 7.92. The molecule has 0 fully saturated rings. The van der Waals surface area contributed by atoms with E-state index in [1.165, 1.54) is 12.1 Å². The monoisotopic (exact) mass is 364 g/mol. The smallest absolute Gasteiger partial charge is 0.422 e. The molecule has 0 atom stereocenters. The van der Waals surface area contributed by atoms with Crippen molar-refractivity contribution in [3.63, 3.8) is 0 Å². The molecule has 1 aromatic heterocycles. The molecule has 0 saturated carbocycles. The minimum Gasteiger partial charge on any atom is -0.497 e. The second-order valence-electron chi connectivity index (χ2n) is 5.46. The largest absolute Gasteiger partial charge is 0.497 e. The molecule has 0 aliphatic heterocycles. The Balaban J connectivity index is 1.70. The zero-order valence-corrected chi connectivity index (χ0v) is 13.8.